The van der Waals surface area contributed by atoms with Crippen LogP contribution in [0.5, 0.6) is 0 Å². The van der Waals surface area contributed by atoms with E-state index in [1.807, 2.05) is 23.9 Å². The molecule has 0 fully saturated rings. The van der Waals surface area contributed by atoms with E-state index in [9.17, 15) is 0 Å². The lowest BCUT2D eigenvalue weighted by Gasteiger charge is -2.21. The number of hydrogen-bond donors (Lipinski definition) is 1. The first-order valence-corrected chi connectivity index (χ1v) is 7.44. The van der Waals surface area contributed by atoms with Crippen LogP contribution in [0.25, 0.3) is 0 Å². The highest BCUT2D eigenvalue weighted by molar-refractivity contribution is 7.99. The van der Waals surface area contributed by atoms with Crippen LogP contribution >= 0.6 is 23.4 Å². The summed E-state index contributed by atoms with van der Waals surface area (Å²) in [5.41, 5.74) is 1.36. The molecule has 0 spiro atoms. The average Bonchev–Trinajstić information content (AvgIpc) is 2.28. The smallest absolute Gasteiger partial charge is 0.0556 e. The summed E-state index contributed by atoms with van der Waals surface area (Å²) in [6.07, 6.45) is 0. The summed E-state index contributed by atoms with van der Waals surface area (Å²) < 4.78 is 5.08. The minimum absolute atomic E-state index is 0.108. The fourth-order valence-corrected chi connectivity index (χ4v) is 2.57. The van der Waals surface area contributed by atoms with Gasteiger partial charge in [0.05, 0.1) is 6.61 Å². The predicted octanol–water partition coefficient (Wildman–Crippen LogP) is 3.97. The van der Waals surface area contributed by atoms with Gasteiger partial charge in [-0.15, -0.1) is 11.8 Å². The topological polar surface area (TPSA) is 21.3 Å². The molecule has 102 valence electrons. The highest BCUT2D eigenvalue weighted by Gasteiger charge is 2.11. The standard InChI is InChI=1S/C14H22ClNOS/c1-14(2,3)16-10-11-9-12(15)5-6-13(11)18-8-7-17-4/h5-6,9,16H,7-8,10H2,1-4H3. The first-order valence-electron chi connectivity index (χ1n) is 6.07. The highest BCUT2D eigenvalue weighted by Crippen LogP contribution is 2.26. The Hall–Kier alpha value is -0.220. The molecule has 1 rings (SSSR count). The quantitative estimate of drug-likeness (QED) is 0.632. The van der Waals surface area contributed by atoms with Crippen LogP contribution in [-0.2, 0) is 11.3 Å². The second-order valence-corrected chi connectivity index (χ2v) is 6.77. The Morgan fingerprint density at radius 3 is 2.67 bits per heavy atom. The largest absolute Gasteiger partial charge is 0.384 e. The van der Waals surface area contributed by atoms with Crippen molar-refractivity contribution in [2.24, 2.45) is 0 Å². The number of benzene rings is 1. The fraction of sp³-hybridized carbons (Fsp3) is 0.571. The molecule has 0 amide bonds. The Labute approximate surface area is 119 Å². The third-order valence-electron chi connectivity index (χ3n) is 2.38. The molecule has 0 saturated heterocycles. The molecule has 0 aliphatic carbocycles. The van der Waals surface area contributed by atoms with Crippen molar-refractivity contribution in [2.45, 2.75) is 37.8 Å². The van der Waals surface area contributed by atoms with E-state index in [1.54, 1.807) is 7.11 Å². The SMILES string of the molecule is COCCSc1ccc(Cl)cc1CNC(C)(C)C. The lowest BCUT2D eigenvalue weighted by atomic mass is 10.1. The van der Waals surface area contributed by atoms with Crippen molar-refractivity contribution in [3.63, 3.8) is 0 Å². The van der Waals surface area contributed by atoms with Gasteiger partial charge in [-0.25, -0.2) is 0 Å². The van der Waals surface area contributed by atoms with Crippen LogP contribution in [0, 0.1) is 0 Å². The molecule has 1 N–H and O–H groups in total. The molecule has 0 aromatic heterocycles. The lowest BCUT2D eigenvalue weighted by Crippen LogP contribution is -2.35. The van der Waals surface area contributed by atoms with Gasteiger partial charge in [-0.05, 0) is 44.5 Å². The van der Waals surface area contributed by atoms with Gasteiger partial charge in [-0.3, -0.25) is 0 Å². The first kappa shape index (κ1) is 15.8. The lowest BCUT2D eigenvalue weighted by molar-refractivity contribution is 0.218. The van der Waals surface area contributed by atoms with Gasteiger partial charge in [-0.2, -0.15) is 0 Å². The zero-order chi connectivity index (χ0) is 13.6. The van der Waals surface area contributed by atoms with Crippen LogP contribution in [0.4, 0.5) is 0 Å². The second-order valence-electron chi connectivity index (χ2n) is 5.20. The van der Waals surface area contributed by atoms with E-state index in [0.29, 0.717) is 0 Å². The van der Waals surface area contributed by atoms with Crippen molar-refractivity contribution in [3.05, 3.63) is 28.8 Å². The van der Waals surface area contributed by atoms with E-state index in [2.05, 4.69) is 32.2 Å². The molecule has 1 aromatic rings. The van der Waals surface area contributed by atoms with Gasteiger partial charge in [0.25, 0.3) is 0 Å². The Morgan fingerprint density at radius 2 is 2.06 bits per heavy atom. The van der Waals surface area contributed by atoms with Crippen molar-refractivity contribution in [1.82, 2.24) is 5.32 Å². The highest BCUT2D eigenvalue weighted by atomic mass is 35.5. The third-order valence-corrected chi connectivity index (χ3v) is 3.69. The number of thioether (sulfide) groups is 1. The van der Waals surface area contributed by atoms with E-state index in [1.165, 1.54) is 10.5 Å². The van der Waals surface area contributed by atoms with Crippen molar-refractivity contribution in [1.29, 1.82) is 0 Å². The molecule has 0 unspecified atom stereocenters. The summed E-state index contributed by atoms with van der Waals surface area (Å²) >= 11 is 7.87. The third kappa shape index (κ3) is 6.10. The van der Waals surface area contributed by atoms with E-state index in [-0.39, 0.29) is 5.54 Å². The van der Waals surface area contributed by atoms with Crippen LogP contribution in [0.15, 0.2) is 23.1 Å². The first-order chi connectivity index (χ1) is 8.42. The summed E-state index contributed by atoms with van der Waals surface area (Å²) in [6, 6.07) is 6.06. The molecule has 2 nitrogen and oxygen atoms in total. The van der Waals surface area contributed by atoms with Crippen LogP contribution in [-0.4, -0.2) is 25.0 Å². The molecule has 0 saturated carbocycles. The number of methoxy groups -OCH3 is 1. The summed E-state index contributed by atoms with van der Waals surface area (Å²) in [5, 5.41) is 4.28. The maximum atomic E-state index is 6.07. The molecular weight excluding hydrogens is 266 g/mol. The number of rotatable bonds is 6. The Morgan fingerprint density at radius 1 is 1.33 bits per heavy atom. The van der Waals surface area contributed by atoms with Gasteiger partial charge >= 0.3 is 0 Å². The van der Waals surface area contributed by atoms with Gasteiger partial charge in [-0.1, -0.05) is 11.6 Å². The molecule has 0 aliphatic heterocycles. The minimum atomic E-state index is 0.108. The van der Waals surface area contributed by atoms with Gasteiger partial charge < -0.3 is 10.1 Å². The number of halogens is 1. The van der Waals surface area contributed by atoms with Crippen LogP contribution in [0.3, 0.4) is 0 Å². The van der Waals surface area contributed by atoms with Crippen molar-refractivity contribution < 1.29 is 4.74 Å². The summed E-state index contributed by atoms with van der Waals surface area (Å²) in [7, 11) is 1.73. The summed E-state index contributed by atoms with van der Waals surface area (Å²) in [6.45, 7) is 8.08. The Bertz CT molecular complexity index is 377. The average molecular weight is 288 g/mol. The van der Waals surface area contributed by atoms with Crippen LogP contribution in [0.1, 0.15) is 26.3 Å². The minimum Gasteiger partial charge on any atom is -0.384 e. The fourth-order valence-electron chi connectivity index (χ4n) is 1.42. The monoisotopic (exact) mass is 287 g/mol. The molecule has 0 bridgehead atoms. The van der Waals surface area contributed by atoms with Gasteiger partial charge in [0, 0.05) is 34.9 Å². The van der Waals surface area contributed by atoms with E-state index < -0.39 is 0 Å². The van der Waals surface area contributed by atoms with Gasteiger partial charge in [0.2, 0.25) is 0 Å². The summed E-state index contributed by atoms with van der Waals surface area (Å²) in [5.74, 6) is 0.959. The number of hydrogen-bond acceptors (Lipinski definition) is 3. The maximum absolute atomic E-state index is 6.07. The van der Waals surface area contributed by atoms with Crippen molar-refractivity contribution in [2.75, 3.05) is 19.5 Å². The molecule has 18 heavy (non-hydrogen) atoms. The molecule has 1 aromatic carbocycles. The van der Waals surface area contributed by atoms with Crippen molar-refractivity contribution in [3.8, 4) is 0 Å². The molecule has 0 heterocycles. The van der Waals surface area contributed by atoms with Crippen LogP contribution in [0.2, 0.25) is 5.02 Å². The summed E-state index contributed by atoms with van der Waals surface area (Å²) in [4.78, 5) is 1.27. The van der Waals surface area contributed by atoms with E-state index in [0.717, 1.165) is 23.9 Å². The second kappa shape index (κ2) is 7.39. The van der Waals surface area contributed by atoms with Crippen molar-refractivity contribution >= 4 is 23.4 Å². The normalized spacial score (nSPS) is 11.8. The Balaban J connectivity index is 2.70. The molecule has 0 radical (unpaired) electrons. The molecule has 0 atom stereocenters. The zero-order valence-electron chi connectivity index (χ0n) is 11.5. The number of ether oxygens (including phenoxy) is 1. The zero-order valence-corrected chi connectivity index (χ0v) is 13.1. The maximum Gasteiger partial charge on any atom is 0.0556 e. The van der Waals surface area contributed by atoms with Gasteiger partial charge in [0.1, 0.15) is 0 Å². The predicted molar refractivity (Wildman–Crippen MR) is 80.6 cm³/mol. The van der Waals surface area contributed by atoms with E-state index in [4.69, 9.17) is 16.3 Å². The van der Waals surface area contributed by atoms with Crippen LogP contribution < -0.4 is 5.32 Å². The molecular formula is C14H22ClNOS. The Kier molecular flexibility index (Phi) is 6.50. The molecule has 0 aliphatic rings. The number of nitrogens with one attached hydrogen (secondary N) is 1. The van der Waals surface area contributed by atoms with Gasteiger partial charge in [0.15, 0.2) is 0 Å². The molecule has 4 heteroatoms. The van der Waals surface area contributed by atoms with E-state index >= 15 is 0 Å².